The van der Waals surface area contributed by atoms with Gasteiger partial charge in [0.15, 0.2) is 5.78 Å². The number of alkyl halides is 1. The number of Topliss-reactive ketones (excluding diaryl/α,β-unsaturated/α-hetero) is 1. The van der Waals surface area contributed by atoms with Gasteiger partial charge in [0.25, 0.3) is 0 Å². The summed E-state index contributed by atoms with van der Waals surface area (Å²) >= 11 is 5.85. The molecule has 0 bridgehead atoms. The van der Waals surface area contributed by atoms with E-state index in [1.54, 1.807) is 13.0 Å². The first-order chi connectivity index (χ1) is 9.41. The Labute approximate surface area is 124 Å². The van der Waals surface area contributed by atoms with Crippen molar-refractivity contribution in [3.8, 4) is 0 Å². The smallest absolute Gasteiger partial charge is 0.229 e. The number of ketones is 1. The van der Waals surface area contributed by atoms with Gasteiger partial charge >= 0.3 is 0 Å². The van der Waals surface area contributed by atoms with Crippen LogP contribution in [-0.2, 0) is 11.2 Å². The fraction of sp³-hybridized carbons (Fsp3) is 0.500. The molecule has 1 aliphatic rings. The molecule has 0 saturated heterocycles. The quantitative estimate of drug-likeness (QED) is 0.632. The average molecular weight is 294 g/mol. The Hall–Kier alpha value is -1.35. The minimum absolute atomic E-state index is 0.0230. The van der Waals surface area contributed by atoms with Crippen molar-refractivity contribution in [1.29, 1.82) is 0 Å². The fourth-order valence-electron chi connectivity index (χ4n) is 2.52. The van der Waals surface area contributed by atoms with Crippen LogP contribution in [0.3, 0.4) is 0 Å². The molecule has 20 heavy (non-hydrogen) atoms. The Morgan fingerprint density at radius 2 is 1.95 bits per heavy atom. The molecule has 0 aromatic heterocycles. The maximum Gasteiger partial charge on any atom is 0.229 e. The zero-order chi connectivity index (χ0) is 14.9. The van der Waals surface area contributed by atoms with Crippen molar-refractivity contribution in [2.24, 2.45) is 5.92 Å². The highest BCUT2D eigenvalue weighted by molar-refractivity contribution is 6.33. The molecular weight excluding hydrogens is 274 g/mol. The third kappa shape index (κ3) is 2.88. The molecule has 0 aliphatic carbocycles. The summed E-state index contributed by atoms with van der Waals surface area (Å²) in [7, 11) is 0. The van der Waals surface area contributed by atoms with Crippen molar-refractivity contribution in [3.05, 3.63) is 29.3 Å². The van der Waals surface area contributed by atoms with Gasteiger partial charge in [0.05, 0.1) is 5.38 Å². The topological polar surface area (TPSA) is 37.4 Å². The maximum atomic E-state index is 12.2. The molecule has 1 aromatic rings. The Kier molecular flexibility index (Phi) is 4.48. The number of hydrogen-bond acceptors (Lipinski definition) is 2. The van der Waals surface area contributed by atoms with Gasteiger partial charge in [0.1, 0.15) is 0 Å². The van der Waals surface area contributed by atoms with Crippen molar-refractivity contribution in [1.82, 2.24) is 0 Å². The lowest BCUT2D eigenvalue weighted by Crippen LogP contribution is -2.38. The molecule has 1 aromatic carbocycles. The van der Waals surface area contributed by atoms with Crippen LogP contribution in [0.5, 0.6) is 0 Å². The van der Waals surface area contributed by atoms with Gasteiger partial charge < -0.3 is 4.90 Å². The molecule has 1 unspecified atom stereocenters. The number of fused-ring (bicyclic) bond motifs is 1. The van der Waals surface area contributed by atoms with Crippen LogP contribution < -0.4 is 4.90 Å². The molecule has 4 heteroatoms. The number of rotatable bonds is 3. The van der Waals surface area contributed by atoms with Crippen molar-refractivity contribution in [2.45, 2.75) is 39.0 Å². The molecule has 0 spiro atoms. The highest BCUT2D eigenvalue weighted by Gasteiger charge is 2.25. The van der Waals surface area contributed by atoms with E-state index in [4.69, 9.17) is 11.6 Å². The molecule has 1 amide bonds. The highest BCUT2D eigenvalue weighted by Crippen LogP contribution is 2.29. The number of carbonyl (C=O) groups is 2. The second-order valence-electron chi connectivity index (χ2n) is 5.57. The number of carbonyl (C=O) groups excluding carboxylic acids is 2. The summed E-state index contributed by atoms with van der Waals surface area (Å²) < 4.78 is 0. The molecule has 0 radical (unpaired) electrons. The van der Waals surface area contributed by atoms with Gasteiger partial charge in [0.2, 0.25) is 5.91 Å². The number of benzene rings is 1. The van der Waals surface area contributed by atoms with Crippen molar-refractivity contribution < 1.29 is 9.59 Å². The lowest BCUT2D eigenvalue weighted by molar-refractivity contribution is -0.121. The van der Waals surface area contributed by atoms with Crippen LogP contribution >= 0.6 is 11.6 Å². The standard InChI is InChI=1S/C16H20ClNO2/c1-10(2)16(20)18-8-4-5-12-9-13(6-7-14(12)18)15(19)11(3)17/h6-7,9-11H,4-5,8H2,1-3H3. The number of amides is 1. The van der Waals surface area contributed by atoms with Crippen molar-refractivity contribution in [3.63, 3.8) is 0 Å². The van der Waals surface area contributed by atoms with Crippen LogP contribution in [0.4, 0.5) is 5.69 Å². The van der Waals surface area contributed by atoms with E-state index in [1.165, 1.54) is 0 Å². The van der Waals surface area contributed by atoms with Crippen molar-refractivity contribution in [2.75, 3.05) is 11.4 Å². The van der Waals surface area contributed by atoms with Gasteiger partial charge in [-0.15, -0.1) is 11.6 Å². The predicted octanol–water partition coefficient (Wildman–Crippen LogP) is 3.43. The zero-order valence-electron chi connectivity index (χ0n) is 12.1. The Bertz CT molecular complexity index is 537. The summed E-state index contributed by atoms with van der Waals surface area (Å²) in [5, 5.41) is -0.523. The first kappa shape index (κ1) is 15.0. The van der Waals surface area contributed by atoms with Crippen LogP contribution in [0.2, 0.25) is 0 Å². The average Bonchev–Trinajstić information content (AvgIpc) is 2.44. The molecule has 1 atom stereocenters. The predicted molar refractivity (Wildman–Crippen MR) is 81.6 cm³/mol. The van der Waals surface area contributed by atoms with E-state index in [2.05, 4.69) is 0 Å². The minimum Gasteiger partial charge on any atom is -0.312 e. The van der Waals surface area contributed by atoms with Crippen LogP contribution in [0.15, 0.2) is 18.2 Å². The minimum atomic E-state index is -0.523. The SMILES string of the molecule is CC(C)C(=O)N1CCCc2cc(C(=O)C(C)Cl)ccc21. The molecule has 0 saturated carbocycles. The molecule has 108 valence electrons. The monoisotopic (exact) mass is 293 g/mol. The van der Waals surface area contributed by atoms with Gasteiger partial charge in [-0.05, 0) is 43.5 Å². The summed E-state index contributed by atoms with van der Waals surface area (Å²) in [6.07, 6.45) is 1.83. The molecule has 3 nitrogen and oxygen atoms in total. The number of aryl methyl sites for hydroxylation is 1. The Morgan fingerprint density at radius 3 is 2.55 bits per heavy atom. The lowest BCUT2D eigenvalue weighted by atomic mass is 9.96. The number of halogens is 1. The summed E-state index contributed by atoms with van der Waals surface area (Å²) in [6, 6.07) is 5.53. The maximum absolute atomic E-state index is 12.2. The molecule has 0 N–H and O–H groups in total. The summed E-state index contributed by atoms with van der Waals surface area (Å²) in [6.45, 7) is 6.24. The first-order valence-corrected chi connectivity index (χ1v) is 7.48. The van der Waals surface area contributed by atoms with Gasteiger partial charge in [0, 0.05) is 23.7 Å². The Balaban J connectivity index is 2.36. The molecule has 1 aliphatic heterocycles. The van der Waals surface area contributed by atoms with E-state index in [0.29, 0.717) is 5.56 Å². The van der Waals surface area contributed by atoms with Crippen LogP contribution in [0.1, 0.15) is 43.1 Å². The number of hydrogen-bond donors (Lipinski definition) is 0. The van der Waals surface area contributed by atoms with Gasteiger partial charge in [-0.25, -0.2) is 0 Å². The normalized spacial score (nSPS) is 15.9. The highest BCUT2D eigenvalue weighted by atomic mass is 35.5. The van der Waals surface area contributed by atoms with Crippen LogP contribution in [0.25, 0.3) is 0 Å². The largest absolute Gasteiger partial charge is 0.312 e. The Morgan fingerprint density at radius 1 is 1.25 bits per heavy atom. The van der Waals surface area contributed by atoms with E-state index in [-0.39, 0.29) is 17.6 Å². The summed E-state index contributed by atoms with van der Waals surface area (Å²) in [5.74, 6) is 0.0441. The molecular formula is C16H20ClNO2. The summed E-state index contributed by atoms with van der Waals surface area (Å²) in [4.78, 5) is 26.0. The van der Waals surface area contributed by atoms with E-state index < -0.39 is 5.38 Å². The lowest BCUT2D eigenvalue weighted by Gasteiger charge is -2.31. The van der Waals surface area contributed by atoms with Crippen molar-refractivity contribution >= 4 is 29.0 Å². The number of nitrogens with zero attached hydrogens (tertiary/aromatic N) is 1. The summed E-state index contributed by atoms with van der Waals surface area (Å²) in [5.41, 5.74) is 2.63. The number of anilines is 1. The van der Waals surface area contributed by atoms with E-state index in [1.807, 2.05) is 30.9 Å². The second-order valence-corrected chi connectivity index (χ2v) is 6.23. The first-order valence-electron chi connectivity index (χ1n) is 7.04. The zero-order valence-corrected chi connectivity index (χ0v) is 12.9. The van der Waals surface area contributed by atoms with Gasteiger partial charge in [-0.2, -0.15) is 0 Å². The van der Waals surface area contributed by atoms with E-state index >= 15 is 0 Å². The van der Waals surface area contributed by atoms with Gasteiger partial charge in [-0.1, -0.05) is 13.8 Å². The van der Waals surface area contributed by atoms with Gasteiger partial charge in [-0.3, -0.25) is 9.59 Å². The van der Waals surface area contributed by atoms with Crippen LogP contribution in [0, 0.1) is 5.92 Å². The van der Waals surface area contributed by atoms with E-state index in [0.717, 1.165) is 30.6 Å². The molecule has 1 heterocycles. The third-order valence-electron chi connectivity index (χ3n) is 3.60. The van der Waals surface area contributed by atoms with E-state index in [9.17, 15) is 9.59 Å². The fourth-order valence-corrected chi connectivity index (χ4v) is 2.65. The second kappa shape index (κ2) is 5.96. The molecule has 2 rings (SSSR count). The molecule has 0 fully saturated rings. The third-order valence-corrected chi connectivity index (χ3v) is 3.80. The van der Waals surface area contributed by atoms with Crippen LogP contribution in [-0.4, -0.2) is 23.6 Å².